The molecule has 114 valence electrons. The first-order valence-electron chi connectivity index (χ1n) is 8.11. The summed E-state index contributed by atoms with van der Waals surface area (Å²) in [6, 6.07) is 5.65. The molecule has 0 spiro atoms. The second-order valence-electron chi connectivity index (χ2n) is 6.38. The fraction of sp³-hybridized carbons (Fsp3) is 0.556. The molecule has 0 radical (unpaired) electrons. The Morgan fingerprint density at radius 2 is 1.95 bits per heavy atom. The summed E-state index contributed by atoms with van der Waals surface area (Å²) in [5.74, 6) is 0.391. The van der Waals surface area contributed by atoms with E-state index in [9.17, 15) is 4.39 Å². The predicted molar refractivity (Wildman–Crippen MR) is 87.0 cm³/mol. The third-order valence-corrected chi connectivity index (χ3v) is 4.84. The van der Waals surface area contributed by atoms with Crippen LogP contribution in [-0.4, -0.2) is 12.6 Å². The molecule has 0 unspecified atom stereocenters. The Balaban J connectivity index is 1.79. The van der Waals surface area contributed by atoms with E-state index in [4.69, 9.17) is 11.6 Å². The average Bonchev–Trinajstić information content (AvgIpc) is 3.31. The van der Waals surface area contributed by atoms with Crippen molar-refractivity contribution in [3.05, 3.63) is 40.2 Å². The minimum Gasteiger partial charge on any atom is -0.310 e. The minimum absolute atomic E-state index is 0.220. The van der Waals surface area contributed by atoms with Gasteiger partial charge < -0.3 is 5.32 Å². The van der Waals surface area contributed by atoms with Gasteiger partial charge in [0.05, 0.1) is 0 Å². The number of halogens is 2. The molecule has 3 heteroatoms. The van der Waals surface area contributed by atoms with Crippen molar-refractivity contribution in [2.75, 3.05) is 6.54 Å². The number of hydrogen-bond acceptors (Lipinski definition) is 1. The molecule has 1 N–H and O–H groups in total. The Hall–Kier alpha value is -0.860. The molecule has 0 atom stereocenters. The molecule has 2 aliphatic carbocycles. The maximum Gasteiger partial charge on any atom is 0.131 e. The highest BCUT2D eigenvalue weighted by Gasteiger charge is 2.23. The summed E-state index contributed by atoms with van der Waals surface area (Å²) < 4.78 is 14.0. The monoisotopic (exact) mass is 307 g/mol. The largest absolute Gasteiger partial charge is 0.310 e. The lowest BCUT2D eigenvalue weighted by Crippen LogP contribution is -2.24. The van der Waals surface area contributed by atoms with Crippen LogP contribution in [0.5, 0.6) is 0 Å². The van der Waals surface area contributed by atoms with Gasteiger partial charge in [-0.1, -0.05) is 48.6 Å². The third-order valence-electron chi connectivity index (χ3n) is 4.61. The standard InChI is InChI=1S/C18H23ClFN/c19-16-7-6-14(18(20)11-16)10-15(12-21-17-8-9-17)13-4-2-1-3-5-13/h6-7,10-11,13,17,21H,1-5,8-9,12H2/b15-10-. The molecule has 0 saturated heterocycles. The summed E-state index contributed by atoms with van der Waals surface area (Å²) in [6.45, 7) is 0.900. The van der Waals surface area contributed by atoms with Crippen LogP contribution in [0.1, 0.15) is 50.5 Å². The van der Waals surface area contributed by atoms with Gasteiger partial charge in [-0.25, -0.2) is 4.39 Å². The van der Waals surface area contributed by atoms with Crippen molar-refractivity contribution in [1.29, 1.82) is 0 Å². The fourth-order valence-corrected chi connectivity index (χ4v) is 3.31. The average molecular weight is 308 g/mol. The van der Waals surface area contributed by atoms with Gasteiger partial charge in [0.15, 0.2) is 0 Å². The van der Waals surface area contributed by atoms with E-state index in [1.54, 1.807) is 12.1 Å². The van der Waals surface area contributed by atoms with Gasteiger partial charge in [0.2, 0.25) is 0 Å². The summed E-state index contributed by atoms with van der Waals surface area (Å²) in [5.41, 5.74) is 2.03. The normalized spacial score (nSPS) is 20.8. The summed E-state index contributed by atoms with van der Waals surface area (Å²) >= 11 is 5.84. The van der Waals surface area contributed by atoms with Crippen LogP contribution < -0.4 is 5.32 Å². The van der Waals surface area contributed by atoms with E-state index in [1.807, 2.05) is 0 Å². The number of benzene rings is 1. The topological polar surface area (TPSA) is 12.0 Å². The van der Waals surface area contributed by atoms with Crippen molar-refractivity contribution in [2.45, 2.75) is 51.0 Å². The smallest absolute Gasteiger partial charge is 0.131 e. The molecular weight excluding hydrogens is 285 g/mol. The first-order chi connectivity index (χ1) is 10.2. The fourth-order valence-electron chi connectivity index (χ4n) is 3.15. The zero-order chi connectivity index (χ0) is 14.7. The van der Waals surface area contributed by atoms with Crippen LogP contribution >= 0.6 is 11.6 Å². The van der Waals surface area contributed by atoms with Crippen LogP contribution in [0.2, 0.25) is 5.02 Å². The molecular formula is C18H23ClFN. The van der Waals surface area contributed by atoms with Crippen molar-refractivity contribution in [2.24, 2.45) is 5.92 Å². The lowest BCUT2D eigenvalue weighted by atomic mass is 9.83. The first-order valence-corrected chi connectivity index (χ1v) is 8.49. The molecule has 2 fully saturated rings. The van der Waals surface area contributed by atoms with Gasteiger partial charge in [-0.2, -0.15) is 0 Å². The molecule has 1 nitrogen and oxygen atoms in total. The molecule has 0 bridgehead atoms. The number of rotatable bonds is 5. The Bertz CT molecular complexity index is 516. The van der Waals surface area contributed by atoms with Gasteiger partial charge in [0.25, 0.3) is 0 Å². The molecule has 0 aromatic heterocycles. The van der Waals surface area contributed by atoms with Crippen molar-refractivity contribution < 1.29 is 4.39 Å². The van der Waals surface area contributed by atoms with Gasteiger partial charge in [-0.15, -0.1) is 0 Å². The van der Waals surface area contributed by atoms with Gasteiger partial charge >= 0.3 is 0 Å². The second-order valence-corrected chi connectivity index (χ2v) is 6.81. The zero-order valence-corrected chi connectivity index (χ0v) is 13.1. The van der Waals surface area contributed by atoms with Crippen molar-refractivity contribution in [3.63, 3.8) is 0 Å². The maximum atomic E-state index is 14.0. The molecule has 2 saturated carbocycles. The SMILES string of the molecule is Fc1cc(Cl)ccc1/C=C(/CNC1CC1)C1CCCCC1. The van der Waals surface area contributed by atoms with Gasteiger partial charge in [-0.3, -0.25) is 0 Å². The Morgan fingerprint density at radius 1 is 1.19 bits per heavy atom. The Morgan fingerprint density at radius 3 is 2.62 bits per heavy atom. The lowest BCUT2D eigenvalue weighted by Gasteiger charge is -2.25. The first kappa shape index (κ1) is 15.1. The van der Waals surface area contributed by atoms with E-state index in [-0.39, 0.29) is 5.82 Å². The summed E-state index contributed by atoms with van der Waals surface area (Å²) in [5, 5.41) is 4.05. The molecule has 3 rings (SSSR count). The highest BCUT2D eigenvalue weighted by atomic mass is 35.5. The highest BCUT2D eigenvalue weighted by molar-refractivity contribution is 6.30. The molecule has 0 amide bonds. The quantitative estimate of drug-likeness (QED) is 0.789. The van der Waals surface area contributed by atoms with E-state index in [2.05, 4.69) is 11.4 Å². The van der Waals surface area contributed by atoms with Gasteiger partial charge in [0, 0.05) is 23.2 Å². The van der Waals surface area contributed by atoms with E-state index in [1.165, 1.54) is 56.6 Å². The molecule has 0 aliphatic heterocycles. The van der Waals surface area contributed by atoms with E-state index >= 15 is 0 Å². The predicted octanol–water partition coefficient (Wildman–Crippen LogP) is 5.19. The molecule has 0 heterocycles. The van der Waals surface area contributed by atoms with Crippen LogP contribution in [0, 0.1) is 11.7 Å². The van der Waals surface area contributed by atoms with Crippen LogP contribution in [0.3, 0.4) is 0 Å². The Labute approximate surface area is 131 Å². The van der Waals surface area contributed by atoms with Gasteiger partial charge in [-0.05, 0) is 43.7 Å². The third kappa shape index (κ3) is 4.31. The zero-order valence-electron chi connectivity index (χ0n) is 12.4. The van der Waals surface area contributed by atoms with Crippen LogP contribution in [0.15, 0.2) is 23.8 Å². The summed E-state index contributed by atoms with van der Waals surface area (Å²) in [7, 11) is 0. The summed E-state index contributed by atoms with van der Waals surface area (Å²) in [6.07, 6.45) is 11.1. The molecule has 21 heavy (non-hydrogen) atoms. The number of nitrogens with one attached hydrogen (secondary N) is 1. The van der Waals surface area contributed by atoms with Crippen LogP contribution in [0.4, 0.5) is 4.39 Å². The van der Waals surface area contributed by atoms with Crippen LogP contribution in [-0.2, 0) is 0 Å². The van der Waals surface area contributed by atoms with Gasteiger partial charge in [0.1, 0.15) is 5.82 Å². The van der Waals surface area contributed by atoms with Crippen LogP contribution in [0.25, 0.3) is 6.08 Å². The maximum absolute atomic E-state index is 14.0. The van der Waals surface area contributed by atoms with Crippen molar-refractivity contribution in [3.8, 4) is 0 Å². The minimum atomic E-state index is -0.220. The van der Waals surface area contributed by atoms with Crippen molar-refractivity contribution in [1.82, 2.24) is 5.32 Å². The second kappa shape index (κ2) is 6.93. The summed E-state index contributed by atoms with van der Waals surface area (Å²) in [4.78, 5) is 0. The van der Waals surface area contributed by atoms with Crippen molar-refractivity contribution >= 4 is 17.7 Å². The molecule has 2 aliphatic rings. The number of hydrogen-bond donors (Lipinski definition) is 1. The van der Waals surface area contributed by atoms with E-state index in [0.717, 1.165) is 6.54 Å². The highest BCUT2D eigenvalue weighted by Crippen LogP contribution is 2.32. The molecule has 1 aromatic carbocycles. The lowest BCUT2D eigenvalue weighted by molar-refractivity contribution is 0.396. The Kier molecular flexibility index (Phi) is 4.97. The molecule has 1 aromatic rings. The van der Waals surface area contributed by atoms with E-state index < -0.39 is 0 Å². The van der Waals surface area contributed by atoms with E-state index in [0.29, 0.717) is 22.5 Å².